The molecule has 1 saturated carbocycles. The molecular formula is C14H17ClN2OS. The Morgan fingerprint density at radius 3 is 2.58 bits per heavy atom. The Kier molecular flexibility index (Phi) is 3.58. The number of aryl methyl sites for hydroxylation is 1. The van der Waals surface area contributed by atoms with E-state index in [0.717, 1.165) is 44.5 Å². The topological polar surface area (TPSA) is 33.2 Å². The van der Waals surface area contributed by atoms with Gasteiger partial charge in [0.05, 0.1) is 5.69 Å². The maximum absolute atomic E-state index is 11.2. The first kappa shape index (κ1) is 13.4. The van der Waals surface area contributed by atoms with Crippen LogP contribution in [0, 0.1) is 12.3 Å². The van der Waals surface area contributed by atoms with Crippen LogP contribution in [-0.2, 0) is 4.79 Å². The molecule has 0 unspecified atom stereocenters. The molecule has 19 heavy (non-hydrogen) atoms. The summed E-state index contributed by atoms with van der Waals surface area (Å²) in [5.41, 5.74) is 1.33. The van der Waals surface area contributed by atoms with Crippen LogP contribution in [0.3, 0.4) is 0 Å². The Morgan fingerprint density at radius 1 is 1.32 bits per heavy atom. The Balaban J connectivity index is 1.59. The molecule has 1 saturated heterocycles. The highest BCUT2D eigenvalue weighted by Gasteiger charge is 2.45. The van der Waals surface area contributed by atoms with Gasteiger partial charge in [0.2, 0.25) is 0 Å². The zero-order valence-corrected chi connectivity index (χ0v) is 12.6. The highest BCUT2D eigenvalue weighted by molar-refractivity contribution is 7.97. The summed E-state index contributed by atoms with van der Waals surface area (Å²) in [6.07, 6.45) is 3.91. The highest BCUT2D eigenvalue weighted by atomic mass is 35.5. The van der Waals surface area contributed by atoms with Gasteiger partial charge < -0.3 is 0 Å². The number of ketones is 1. The second-order valence-electron chi connectivity index (χ2n) is 5.63. The number of hydrogen-bond acceptors (Lipinski definition) is 4. The fourth-order valence-corrected chi connectivity index (χ4v) is 4.08. The van der Waals surface area contributed by atoms with Gasteiger partial charge in [0, 0.05) is 30.8 Å². The molecule has 3 nitrogen and oxygen atoms in total. The summed E-state index contributed by atoms with van der Waals surface area (Å²) in [6.45, 7) is 4.10. The number of rotatable bonds is 2. The van der Waals surface area contributed by atoms with Gasteiger partial charge in [-0.2, -0.15) is 0 Å². The van der Waals surface area contributed by atoms with Crippen molar-refractivity contribution in [3.63, 3.8) is 0 Å². The summed E-state index contributed by atoms with van der Waals surface area (Å²) in [5.74, 6) is 0.443. The van der Waals surface area contributed by atoms with Gasteiger partial charge in [-0.05, 0) is 49.3 Å². The maximum atomic E-state index is 11.2. The van der Waals surface area contributed by atoms with E-state index in [4.69, 9.17) is 11.6 Å². The van der Waals surface area contributed by atoms with Gasteiger partial charge in [0.15, 0.2) is 0 Å². The molecule has 0 aromatic carbocycles. The van der Waals surface area contributed by atoms with Crippen molar-refractivity contribution < 1.29 is 4.79 Å². The van der Waals surface area contributed by atoms with Crippen molar-refractivity contribution in [1.82, 2.24) is 9.29 Å². The predicted molar refractivity (Wildman–Crippen MR) is 77.3 cm³/mol. The summed E-state index contributed by atoms with van der Waals surface area (Å²) in [6, 6.07) is 3.87. The van der Waals surface area contributed by atoms with Crippen LogP contribution < -0.4 is 0 Å². The number of carbonyl (C=O) groups excluding carboxylic acids is 1. The van der Waals surface area contributed by atoms with Crippen LogP contribution in [0.5, 0.6) is 0 Å². The zero-order valence-electron chi connectivity index (χ0n) is 11.0. The number of piperidine rings is 1. The lowest BCUT2D eigenvalue weighted by molar-refractivity contribution is -0.134. The van der Waals surface area contributed by atoms with Crippen molar-refractivity contribution in [2.24, 2.45) is 5.41 Å². The van der Waals surface area contributed by atoms with Crippen LogP contribution in [0.4, 0.5) is 0 Å². The molecule has 0 radical (unpaired) electrons. The van der Waals surface area contributed by atoms with Crippen LogP contribution in [0.1, 0.15) is 31.4 Å². The molecular weight excluding hydrogens is 280 g/mol. The fraction of sp³-hybridized carbons (Fsp3) is 0.571. The Labute approximate surface area is 122 Å². The van der Waals surface area contributed by atoms with Gasteiger partial charge in [-0.25, -0.2) is 9.29 Å². The van der Waals surface area contributed by atoms with E-state index in [1.54, 1.807) is 11.9 Å². The zero-order chi connectivity index (χ0) is 13.5. The molecule has 2 fully saturated rings. The van der Waals surface area contributed by atoms with Crippen molar-refractivity contribution in [1.29, 1.82) is 0 Å². The van der Waals surface area contributed by atoms with Gasteiger partial charge in [0.1, 0.15) is 10.9 Å². The number of nitrogens with zero attached hydrogens (tertiary/aromatic N) is 2. The average Bonchev–Trinajstić information content (AvgIpc) is 2.34. The van der Waals surface area contributed by atoms with Gasteiger partial charge in [-0.3, -0.25) is 4.79 Å². The number of carbonyl (C=O) groups is 1. The lowest BCUT2D eigenvalue weighted by Crippen LogP contribution is -2.45. The normalized spacial score (nSPS) is 22.5. The van der Waals surface area contributed by atoms with Crippen molar-refractivity contribution in [2.75, 3.05) is 13.1 Å². The molecule has 0 atom stereocenters. The molecule has 2 heterocycles. The quantitative estimate of drug-likeness (QED) is 0.618. The lowest BCUT2D eigenvalue weighted by Gasteiger charge is -2.46. The lowest BCUT2D eigenvalue weighted by atomic mass is 9.63. The molecule has 1 aromatic rings. The molecule has 0 N–H and O–H groups in total. The number of halogens is 1. The van der Waals surface area contributed by atoms with E-state index in [9.17, 15) is 4.79 Å². The van der Waals surface area contributed by atoms with Gasteiger partial charge >= 0.3 is 0 Å². The second-order valence-corrected chi connectivity index (χ2v) is 7.16. The molecule has 2 aliphatic rings. The number of aromatic nitrogens is 1. The van der Waals surface area contributed by atoms with Crippen molar-refractivity contribution in [3.05, 3.63) is 23.0 Å². The van der Waals surface area contributed by atoms with E-state index in [1.807, 2.05) is 19.1 Å². The molecule has 0 amide bonds. The van der Waals surface area contributed by atoms with Crippen molar-refractivity contribution in [2.45, 2.75) is 37.5 Å². The monoisotopic (exact) mass is 296 g/mol. The van der Waals surface area contributed by atoms with Crippen molar-refractivity contribution >= 4 is 29.3 Å². The number of pyridine rings is 1. The predicted octanol–water partition coefficient (Wildman–Crippen LogP) is 3.50. The van der Waals surface area contributed by atoms with E-state index in [-0.39, 0.29) is 0 Å². The molecule has 5 heteroatoms. The van der Waals surface area contributed by atoms with Crippen LogP contribution in [0.15, 0.2) is 17.0 Å². The first-order valence-electron chi connectivity index (χ1n) is 6.64. The Hall–Kier alpha value is -0.580. The molecule has 1 spiro atoms. The van der Waals surface area contributed by atoms with Gasteiger partial charge in [-0.15, -0.1) is 0 Å². The maximum Gasteiger partial charge on any atom is 0.134 e. The largest absolute Gasteiger partial charge is 0.300 e. The molecule has 0 bridgehead atoms. The third-order valence-corrected chi connectivity index (χ3v) is 5.62. The van der Waals surface area contributed by atoms with E-state index in [0.29, 0.717) is 16.4 Å². The Bertz CT molecular complexity index is 502. The van der Waals surface area contributed by atoms with Crippen LogP contribution in [0.25, 0.3) is 0 Å². The summed E-state index contributed by atoms with van der Waals surface area (Å²) < 4.78 is 2.38. The molecule has 1 aliphatic carbocycles. The van der Waals surface area contributed by atoms with E-state index >= 15 is 0 Å². The van der Waals surface area contributed by atoms with Gasteiger partial charge in [0.25, 0.3) is 0 Å². The van der Waals surface area contributed by atoms with E-state index in [2.05, 4.69) is 9.29 Å². The summed E-state index contributed by atoms with van der Waals surface area (Å²) in [5, 5.41) is 0.549. The Morgan fingerprint density at radius 2 is 2.00 bits per heavy atom. The smallest absolute Gasteiger partial charge is 0.134 e. The van der Waals surface area contributed by atoms with E-state index in [1.165, 1.54) is 4.90 Å². The van der Waals surface area contributed by atoms with E-state index < -0.39 is 0 Å². The number of hydrogen-bond donors (Lipinski definition) is 0. The van der Waals surface area contributed by atoms with Gasteiger partial charge in [-0.1, -0.05) is 11.6 Å². The molecule has 1 aliphatic heterocycles. The third-order valence-electron chi connectivity index (χ3n) is 4.16. The first-order chi connectivity index (χ1) is 9.06. The third kappa shape index (κ3) is 2.81. The summed E-state index contributed by atoms with van der Waals surface area (Å²) >= 11 is 7.63. The van der Waals surface area contributed by atoms with Crippen LogP contribution in [-0.4, -0.2) is 28.2 Å². The minimum Gasteiger partial charge on any atom is -0.300 e. The highest BCUT2D eigenvalue weighted by Crippen LogP contribution is 2.48. The van der Waals surface area contributed by atoms with Crippen molar-refractivity contribution in [3.8, 4) is 0 Å². The SMILES string of the molecule is Cc1nc(Cl)ccc1SN1CCC2(CC1)CC(=O)C2. The molecule has 3 rings (SSSR count). The second kappa shape index (κ2) is 5.08. The molecule has 102 valence electrons. The first-order valence-corrected chi connectivity index (χ1v) is 7.79. The molecule has 1 aromatic heterocycles. The van der Waals surface area contributed by atoms with Crippen LogP contribution in [0.2, 0.25) is 5.15 Å². The number of Topliss-reactive ketones (excluding diaryl/α,β-unsaturated/α-hetero) is 1. The van der Waals surface area contributed by atoms with Crippen LogP contribution >= 0.6 is 23.5 Å². The summed E-state index contributed by atoms with van der Waals surface area (Å²) in [7, 11) is 0. The standard InChI is InChI=1S/C14H17ClN2OS/c1-10-12(2-3-13(15)16-10)19-17-6-4-14(5-7-17)8-11(18)9-14/h2-3H,4-9H2,1H3. The average molecular weight is 297 g/mol. The minimum absolute atomic E-state index is 0.349. The summed E-state index contributed by atoms with van der Waals surface area (Å²) in [4.78, 5) is 16.6. The fourth-order valence-electron chi connectivity index (χ4n) is 2.94. The minimum atomic E-state index is 0.349.